The van der Waals surface area contributed by atoms with Crippen molar-refractivity contribution in [3.8, 4) is 0 Å². The van der Waals surface area contributed by atoms with Gasteiger partial charge in [-0.1, -0.05) is 6.07 Å². The second-order valence-corrected chi connectivity index (χ2v) is 8.10. The van der Waals surface area contributed by atoms with Crippen LogP contribution in [0.4, 0.5) is 0 Å². The molecular weight excluding hydrogens is 286 g/mol. The third-order valence-electron chi connectivity index (χ3n) is 4.94. The molecule has 0 radical (unpaired) electrons. The van der Waals surface area contributed by atoms with E-state index in [9.17, 15) is 8.42 Å². The molecule has 0 amide bonds. The lowest BCUT2D eigenvalue weighted by atomic mass is 9.76. The first-order valence-corrected chi connectivity index (χ1v) is 8.91. The highest BCUT2D eigenvalue weighted by Gasteiger charge is 2.39. The summed E-state index contributed by atoms with van der Waals surface area (Å²) in [7, 11) is 0.615. The van der Waals surface area contributed by atoms with Crippen LogP contribution in [0.25, 0.3) is 0 Å². The van der Waals surface area contributed by atoms with Crippen LogP contribution in [0.15, 0.2) is 23.1 Å². The monoisotopic (exact) mass is 309 g/mol. The van der Waals surface area contributed by atoms with Gasteiger partial charge in [-0.15, -0.1) is 0 Å². The molecule has 0 unspecified atom stereocenters. The molecule has 6 heteroatoms. The molecule has 1 aliphatic carbocycles. The molecule has 1 aliphatic heterocycles. The Labute approximate surface area is 126 Å². The zero-order chi connectivity index (χ0) is 15.1. The van der Waals surface area contributed by atoms with Crippen LogP contribution in [0.2, 0.25) is 0 Å². The molecule has 1 fully saturated rings. The molecule has 2 aliphatic rings. The standard InChI is InChI=1S/C15H23N3O2S/c1-18(2)15(6-3-7-15)11-17-21(19,20)14-5-4-12-9-16-10-13(12)8-14/h4-5,8,16-17H,3,6-7,9-11H2,1-2H3. The van der Waals surface area contributed by atoms with E-state index in [1.54, 1.807) is 12.1 Å². The SMILES string of the molecule is CN(C)C1(CNS(=O)(=O)c2ccc3c(c2)CNC3)CCC1. The van der Waals surface area contributed by atoms with Crippen LogP contribution >= 0.6 is 0 Å². The second kappa shape index (κ2) is 5.35. The molecule has 1 aromatic carbocycles. The summed E-state index contributed by atoms with van der Waals surface area (Å²) in [5.41, 5.74) is 2.27. The molecule has 1 heterocycles. The van der Waals surface area contributed by atoms with Crippen LogP contribution in [0.1, 0.15) is 30.4 Å². The van der Waals surface area contributed by atoms with Gasteiger partial charge in [-0.05, 0) is 56.6 Å². The van der Waals surface area contributed by atoms with Gasteiger partial charge in [0.05, 0.1) is 4.90 Å². The molecule has 0 saturated heterocycles. The molecular formula is C15H23N3O2S. The quantitative estimate of drug-likeness (QED) is 0.853. The first kappa shape index (κ1) is 15.0. The minimum Gasteiger partial charge on any atom is -0.309 e. The maximum Gasteiger partial charge on any atom is 0.240 e. The van der Waals surface area contributed by atoms with E-state index in [1.807, 2.05) is 20.2 Å². The lowest BCUT2D eigenvalue weighted by molar-refractivity contribution is 0.0657. The van der Waals surface area contributed by atoms with Gasteiger partial charge in [0, 0.05) is 25.2 Å². The van der Waals surface area contributed by atoms with E-state index < -0.39 is 10.0 Å². The van der Waals surface area contributed by atoms with Crippen LogP contribution in [-0.4, -0.2) is 39.5 Å². The van der Waals surface area contributed by atoms with Gasteiger partial charge >= 0.3 is 0 Å². The lowest BCUT2D eigenvalue weighted by Crippen LogP contribution is -2.57. The summed E-state index contributed by atoms with van der Waals surface area (Å²) in [6.07, 6.45) is 3.28. The number of hydrogen-bond donors (Lipinski definition) is 2. The van der Waals surface area contributed by atoms with E-state index >= 15 is 0 Å². The van der Waals surface area contributed by atoms with Crippen molar-refractivity contribution in [2.45, 2.75) is 42.8 Å². The average Bonchev–Trinajstić information content (AvgIpc) is 2.83. The molecule has 0 spiro atoms. The number of nitrogens with zero attached hydrogens (tertiary/aromatic N) is 1. The molecule has 0 bridgehead atoms. The second-order valence-electron chi connectivity index (χ2n) is 6.33. The topological polar surface area (TPSA) is 61.4 Å². The van der Waals surface area contributed by atoms with Crippen LogP contribution in [0.5, 0.6) is 0 Å². The number of likely N-dealkylation sites (N-methyl/N-ethyl adjacent to an activating group) is 1. The Balaban J connectivity index is 1.75. The summed E-state index contributed by atoms with van der Waals surface area (Å²) in [6, 6.07) is 5.41. The number of benzene rings is 1. The average molecular weight is 309 g/mol. The fourth-order valence-electron chi connectivity index (χ4n) is 3.12. The summed E-state index contributed by atoms with van der Waals surface area (Å²) in [5, 5.41) is 3.23. The summed E-state index contributed by atoms with van der Waals surface area (Å²) in [5.74, 6) is 0. The summed E-state index contributed by atoms with van der Waals surface area (Å²) >= 11 is 0. The number of sulfonamides is 1. The zero-order valence-corrected chi connectivity index (χ0v) is 13.5. The maximum absolute atomic E-state index is 12.5. The lowest BCUT2D eigenvalue weighted by Gasteiger charge is -2.47. The van der Waals surface area contributed by atoms with Crippen LogP contribution in [-0.2, 0) is 23.1 Å². The third-order valence-corrected chi connectivity index (χ3v) is 6.34. The largest absolute Gasteiger partial charge is 0.309 e. The van der Waals surface area contributed by atoms with E-state index in [2.05, 4.69) is 14.9 Å². The van der Waals surface area contributed by atoms with Gasteiger partial charge < -0.3 is 10.2 Å². The minimum absolute atomic E-state index is 0.00858. The van der Waals surface area contributed by atoms with Crippen molar-refractivity contribution in [3.05, 3.63) is 29.3 Å². The van der Waals surface area contributed by atoms with Gasteiger partial charge in [-0.3, -0.25) is 0 Å². The van der Waals surface area contributed by atoms with Gasteiger partial charge in [0.25, 0.3) is 0 Å². The Morgan fingerprint density at radius 1 is 1.24 bits per heavy atom. The Bertz CT molecular complexity index is 636. The smallest absolute Gasteiger partial charge is 0.240 e. The normalized spacial score (nSPS) is 20.3. The van der Waals surface area contributed by atoms with E-state index in [4.69, 9.17) is 0 Å². The van der Waals surface area contributed by atoms with Crippen molar-refractivity contribution in [1.29, 1.82) is 0 Å². The molecule has 0 atom stereocenters. The van der Waals surface area contributed by atoms with Crippen LogP contribution in [0, 0.1) is 0 Å². The van der Waals surface area contributed by atoms with E-state index in [0.717, 1.165) is 31.5 Å². The number of fused-ring (bicyclic) bond motifs is 1. The van der Waals surface area contributed by atoms with Crippen molar-refractivity contribution in [2.75, 3.05) is 20.6 Å². The maximum atomic E-state index is 12.5. The molecule has 116 valence electrons. The minimum atomic E-state index is -3.43. The van der Waals surface area contributed by atoms with Gasteiger partial charge in [0.15, 0.2) is 0 Å². The van der Waals surface area contributed by atoms with Gasteiger partial charge in [-0.2, -0.15) is 0 Å². The molecule has 5 nitrogen and oxygen atoms in total. The third kappa shape index (κ3) is 2.73. The van der Waals surface area contributed by atoms with Gasteiger partial charge in [-0.25, -0.2) is 13.1 Å². The number of rotatable bonds is 5. The fraction of sp³-hybridized carbons (Fsp3) is 0.600. The predicted octanol–water partition coefficient (Wildman–Crippen LogP) is 1.05. The Morgan fingerprint density at radius 2 is 1.95 bits per heavy atom. The number of nitrogens with one attached hydrogen (secondary N) is 2. The highest BCUT2D eigenvalue weighted by molar-refractivity contribution is 7.89. The molecule has 0 aromatic heterocycles. The van der Waals surface area contributed by atoms with Crippen molar-refractivity contribution in [3.63, 3.8) is 0 Å². The molecule has 3 rings (SSSR count). The van der Waals surface area contributed by atoms with Crippen molar-refractivity contribution in [2.24, 2.45) is 0 Å². The summed E-state index contributed by atoms with van der Waals surface area (Å²) in [4.78, 5) is 2.52. The Kier molecular flexibility index (Phi) is 3.81. The van der Waals surface area contributed by atoms with E-state index in [0.29, 0.717) is 11.4 Å². The van der Waals surface area contributed by atoms with Crippen molar-refractivity contribution in [1.82, 2.24) is 14.9 Å². The summed E-state index contributed by atoms with van der Waals surface area (Å²) in [6.45, 7) is 2.06. The van der Waals surface area contributed by atoms with E-state index in [1.165, 1.54) is 12.0 Å². The van der Waals surface area contributed by atoms with Crippen molar-refractivity contribution < 1.29 is 8.42 Å². The van der Waals surface area contributed by atoms with Crippen LogP contribution < -0.4 is 10.0 Å². The molecule has 21 heavy (non-hydrogen) atoms. The highest BCUT2D eigenvalue weighted by Crippen LogP contribution is 2.35. The first-order chi connectivity index (χ1) is 9.93. The summed E-state index contributed by atoms with van der Waals surface area (Å²) < 4.78 is 27.8. The number of hydrogen-bond acceptors (Lipinski definition) is 4. The Morgan fingerprint density at radius 3 is 2.57 bits per heavy atom. The fourth-order valence-corrected chi connectivity index (χ4v) is 4.29. The van der Waals surface area contributed by atoms with E-state index in [-0.39, 0.29) is 5.54 Å². The molecule has 2 N–H and O–H groups in total. The Hall–Kier alpha value is -0.950. The molecule has 1 saturated carbocycles. The highest BCUT2D eigenvalue weighted by atomic mass is 32.2. The van der Waals surface area contributed by atoms with Crippen LogP contribution in [0.3, 0.4) is 0 Å². The molecule has 1 aromatic rings. The van der Waals surface area contributed by atoms with Crippen molar-refractivity contribution >= 4 is 10.0 Å². The predicted molar refractivity (Wildman–Crippen MR) is 82.4 cm³/mol. The van der Waals surface area contributed by atoms with Gasteiger partial charge in [0.2, 0.25) is 10.0 Å². The van der Waals surface area contributed by atoms with Gasteiger partial charge in [0.1, 0.15) is 0 Å². The first-order valence-electron chi connectivity index (χ1n) is 7.43. The zero-order valence-electron chi connectivity index (χ0n) is 12.6.